The highest BCUT2D eigenvalue weighted by molar-refractivity contribution is 5.64. The van der Waals surface area contributed by atoms with Gasteiger partial charge in [-0.05, 0) is 31.0 Å². The van der Waals surface area contributed by atoms with Gasteiger partial charge in [0, 0.05) is 5.56 Å². The maximum atomic E-state index is 6.12. The first kappa shape index (κ1) is 13.5. The molecule has 1 heterocycles. The third-order valence-electron chi connectivity index (χ3n) is 3.87. The molecule has 0 aromatic heterocycles. The average Bonchev–Trinajstić information content (AvgIpc) is 2.63. The summed E-state index contributed by atoms with van der Waals surface area (Å²) < 4.78 is 6.12. The minimum absolute atomic E-state index is 0.271. The lowest BCUT2D eigenvalue weighted by Gasteiger charge is -2.33. The summed E-state index contributed by atoms with van der Waals surface area (Å²) in [5.41, 5.74) is 1.87. The van der Waals surface area contributed by atoms with Crippen LogP contribution >= 0.6 is 0 Å². The van der Waals surface area contributed by atoms with Crippen LogP contribution in [0.5, 0.6) is 11.5 Å². The Balaban J connectivity index is 2.22. The maximum absolute atomic E-state index is 6.12. The second kappa shape index (κ2) is 5.49. The van der Waals surface area contributed by atoms with E-state index in [-0.39, 0.29) is 5.54 Å². The summed E-state index contributed by atoms with van der Waals surface area (Å²) in [7, 11) is 0. The Bertz CT molecular complexity index is 665. The van der Waals surface area contributed by atoms with Crippen LogP contribution in [-0.4, -0.2) is 0 Å². The van der Waals surface area contributed by atoms with Gasteiger partial charge in [-0.2, -0.15) is 0 Å². The van der Waals surface area contributed by atoms with Crippen molar-refractivity contribution in [3.05, 3.63) is 79.4 Å². The van der Waals surface area contributed by atoms with Crippen molar-refractivity contribution in [2.75, 3.05) is 5.32 Å². The molecule has 3 rings (SSSR count). The number of fused-ring (bicyclic) bond motifs is 2. The molecule has 1 aliphatic rings. The van der Waals surface area contributed by atoms with Crippen LogP contribution in [0.3, 0.4) is 0 Å². The molecule has 1 N–H and O–H groups in total. The third-order valence-corrected chi connectivity index (χ3v) is 3.87. The molecule has 106 valence electrons. The van der Waals surface area contributed by atoms with Gasteiger partial charge in [-0.3, -0.25) is 0 Å². The minimum Gasteiger partial charge on any atom is -0.455 e. The highest BCUT2D eigenvalue weighted by Gasteiger charge is 2.35. The fourth-order valence-electron chi connectivity index (χ4n) is 2.95. The van der Waals surface area contributed by atoms with E-state index in [0.717, 1.165) is 35.6 Å². The van der Waals surface area contributed by atoms with Crippen molar-refractivity contribution in [3.8, 4) is 11.5 Å². The van der Waals surface area contributed by atoms with Crippen molar-refractivity contribution in [1.82, 2.24) is 0 Å². The van der Waals surface area contributed by atoms with Crippen molar-refractivity contribution in [2.24, 2.45) is 0 Å². The Morgan fingerprint density at radius 2 is 1.52 bits per heavy atom. The molecule has 0 saturated carbocycles. The Kier molecular flexibility index (Phi) is 3.53. The van der Waals surface area contributed by atoms with Crippen molar-refractivity contribution in [3.63, 3.8) is 0 Å². The van der Waals surface area contributed by atoms with E-state index < -0.39 is 0 Å². The molecule has 1 aliphatic heterocycles. The molecule has 0 atom stereocenters. The highest BCUT2D eigenvalue weighted by Crippen LogP contribution is 2.46. The van der Waals surface area contributed by atoms with Crippen LogP contribution < -0.4 is 10.1 Å². The summed E-state index contributed by atoms with van der Waals surface area (Å²) in [6.45, 7) is 7.85. The molecule has 0 spiro atoms. The molecule has 0 fully saturated rings. The van der Waals surface area contributed by atoms with E-state index in [9.17, 15) is 0 Å². The van der Waals surface area contributed by atoms with Gasteiger partial charge in [0.05, 0.1) is 11.2 Å². The number of hydrogen-bond acceptors (Lipinski definition) is 2. The molecule has 0 unspecified atom stereocenters. The quantitative estimate of drug-likeness (QED) is 0.770. The number of anilines is 1. The molecule has 0 saturated heterocycles. The molecular weight excluding hydrogens is 258 g/mol. The zero-order valence-electron chi connectivity index (χ0n) is 12.0. The molecule has 2 heteroatoms. The third kappa shape index (κ3) is 2.33. The fourth-order valence-corrected chi connectivity index (χ4v) is 2.95. The molecule has 0 aliphatic carbocycles. The standard InChI is InChI=1S/C19H19NO/c1-3-13-19(14-4-2)15-9-5-7-11-17(15)21-18-12-8-6-10-16(18)20-19/h3-12,20H,1-2,13-14H2. The second-order valence-electron chi connectivity index (χ2n) is 5.29. The van der Waals surface area contributed by atoms with Gasteiger partial charge in [-0.15, -0.1) is 13.2 Å². The van der Waals surface area contributed by atoms with Crippen LogP contribution in [-0.2, 0) is 5.54 Å². The summed E-state index contributed by atoms with van der Waals surface area (Å²) in [6, 6.07) is 16.2. The largest absolute Gasteiger partial charge is 0.455 e. The zero-order chi connectivity index (χ0) is 14.7. The Morgan fingerprint density at radius 1 is 0.905 bits per heavy atom. The lowest BCUT2D eigenvalue weighted by atomic mass is 9.82. The second-order valence-corrected chi connectivity index (χ2v) is 5.29. The lowest BCUT2D eigenvalue weighted by molar-refractivity contribution is 0.458. The topological polar surface area (TPSA) is 21.3 Å². The van der Waals surface area contributed by atoms with Crippen molar-refractivity contribution in [2.45, 2.75) is 18.4 Å². The summed E-state index contributed by atoms with van der Waals surface area (Å²) in [5.74, 6) is 1.73. The van der Waals surface area contributed by atoms with E-state index in [1.807, 2.05) is 54.6 Å². The normalized spacial score (nSPS) is 14.7. The van der Waals surface area contributed by atoms with E-state index >= 15 is 0 Å². The van der Waals surface area contributed by atoms with Crippen molar-refractivity contribution < 1.29 is 4.74 Å². The van der Waals surface area contributed by atoms with Gasteiger partial charge in [-0.25, -0.2) is 0 Å². The van der Waals surface area contributed by atoms with Gasteiger partial charge >= 0.3 is 0 Å². The Morgan fingerprint density at radius 3 is 2.24 bits per heavy atom. The molecular formula is C19H19NO. The monoisotopic (exact) mass is 277 g/mol. The van der Waals surface area contributed by atoms with Gasteiger partial charge in [0.25, 0.3) is 0 Å². The average molecular weight is 277 g/mol. The van der Waals surface area contributed by atoms with Crippen molar-refractivity contribution in [1.29, 1.82) is 0 Å². The fraction of sp³-hybridized carbons (Fsp3) is 0.158. The van der Waals surface area contributed by atoms with Gasteiger partial charge in [-0.1, -0.05) is 42.5 Å². The number of nitrogens with one attached hydrogen (secondary N) is 1. The first-order valence-electron chi connectivity index (χ1n) is 7.15. The van der Waals surface area contributed by atoms with Crippen LogP contribution in [0, 0.1) is 0 Å². The molecule has 2 nitrogen and oxygen atoms in total. The first-order chi connectivity index (χ1) is 10.3. The summed E-state index contributed by atoms with van der Waals surface area (Å²) in [4.78, 5) is 0. The first-order valence-corrected chi connectivity index (χ1v) is 7.15. The van der Waals surface area contributed by atoms with Gasteiger partial charge < -0.3 is 10.1 Å². The highest BCUT2D eigenvalue weighted by atomic mass is 16.5. The maximum Gasteiger partial charge on any atom is 0.150 e. The van der Waals surface area contributed by atoms with Crippen LogP contribution in [0.2, 0.25) is 0 Å². The number of hydrogen-bond donors (Lipinski definition) is 1. The lowest BCUT2D eigenvalue weighted by Crippen LogP contribution is -2.33. The predicted molar refractivity (Wildman–Crippen MR) is 87.9 cm³/mol. The van der Waals surface area contributed by atoms with Crippen LogP contribution in [0.15, 0.2) is 73.8 Å². The van der Waals surface area contributed by atoms with Crippen LogP contribution in [0.1, 0.15) is 18.4 Å². The molecule has 2 aromatic carbocycles. The van der Waals surface area contributed by atoms with Crippen LogP contribution in [0.25, 0.3) is 0 Å². The number of ether oxygens (including phenoxy) is 1. The number of para-hydroxylation sites is 3. The smallest absolute Gasteiger partial charge is 0.150 e. The predicted octanol–water partition coefficient (Wildman–Crippen LogP) is 5.25. The molecule has 0 radical (unpaired) electrons. The van der Waals surface area contributed by atoms with E-state index in [2.05, 4.69) is 24.5 Å². The van der Waals surface area contributed by atoms with Gasteiger partial charge in [0.1, 0.15) is 5.75 Å². The van der Waals surface area contributed by atoms with E-state index in [1.54, 1.807) is 0 Å². The molecule has 0 bridgehead atoms. The van der Waals surface area contributed by atoms with Crippen molar-refractivity contribution >= 4 is 5.69 Å². The van der Waals surface area contributed by atoms with Gasteiger partial charge in [0.15, 0.2) is 5.75 Å². The van der Waals surface area contributed by atoms with Crippen LogP contribution in [0.4, 0.5) is 5.69 Å². The summed E-state index contributed by atoms with van der Waals surface area (Å²) >= 11 is 0. The van der Waals surface area contributed by atoms with E-state index in [0.29, 0.717) is 0 Å². The number of rotatable bonds is 4. The number of benzene rings is 2. The SMILES string of the molecule is C=CCC1(CC=C)Nc2ccccc2Oc2ccccc21. The molecule has 2 aromatic rings. The van der Waals surface area contributed by atoms with Gasteiger partial charge in [0.2, 0.25) is 0 Å². The Hall–Kier alpha value is -2.48. The summed E-state index contributed by atoms with van der Waals surface area (Å²) in [6.07, 6.45) is 5.49. The Labute approximate surface area is 125 Å². The van der Waals surface area contributed by atoms with E-state index in [1.165, 1.54) is 0 Å². The molecule has 0 amide bonds. The molecule has 21 heavy (non-hydrogen) atoms. The zero-order valence-corrected chi connectivity index (χ0v) is 12.0. The summed E-state index contributed by atoms with van der Waals surface area (Å²) in [5, 5.41) is 3.66. The van der Waals surface area contributed by atoms with E-state index in [4.69, 9.17) is 4.74 Å². The minimum atomic E-state index is -0.271.